The van der Waals surface area contributed by atoms with Gasteiger partial charge in [-0.1, -0.05) is 26.8 Å². The number of imidazole rings is 1. The predicted octanol–water partition coefficient (Wildman–Crippen LogP) is 2.42. The largest absolute Gasteiger partial charge is 0.351 e. The second kappa shape index (κ2) is 6.76. The van der Waals surface area contributed by atoms with E-state index in [-0.39, 0.29) is 10.7 Å². The SMILES string of the molecule is CC(C)(C)SCC(=O)NCc1ccc(-n2ccnc2)nc1. The fourth-order valence-corrected chi connectivity index (χ4v) is 2.27. The van der Waals surface area contributed by atoms with Crippen LogP contribution in [0.4, 0.5) is 0 Å². The summed E-state index contributed by atoms with van der Waals surface area (Å²) in [5.74, 6) is 1.34. The molecule has 1 amide bonds. The van der Waals surface area contributed by atoms with E-state index >= 15 is 0 Å². The number of carbonyl (C=O) groups is 1. The molecule has 2 heterocycles. The smallest absolute Gasteiger partial charge is 0.230 e. The molecule has 5 nitrogen and oxygen atoms in total. The number of pyridine rings is 1. The van der Waals surface area contributed by atoms with Crippen molar-refractivity contribution < 1.29 is 4.79 Å². The van der Waals surface area contributed by atoms with Crippen LogP contribution in [0.2, 0.25) is 0 Å². The van der Waals surface area contributed by atoms with Crippen molar-refractivity contribution in [3.05, 3.63) is 42.6 Å². The minimum atomic E-state index is 0.0496. The van der Waals surface area contributed by atoms with E-state index in [9.17, 15) is 4.79 Å². The molecule has 0 aliphatic carbocycles. The molecule has 112 valence electrons. The summed E-state index contributed by atoms with van der Waals surface area (Å²) < 4.78 is 1.94. The van der Waals surface area contributed by atoms with Gasteiger partial charge in [0.15, 0.2) is 0 Å². The molecule has 0 spiro atoms. The molecular formula is C15H20N4OS. The van der Waals surface area contributed by atoms with Gasteiger partial charge in [-0.3, -0.25) is 9.36 Å². The predicted molar refractivity (Wildman–Crippen MR) is 85.4 cm³/mol. The van der Waals surface area contributed by atoms with Crippen molar-refractivity contribution >= 4 is 17.7 Å². The molecule has 0 saturated heterocycles. The maximum absolute atomic E-state index is 11.8. The van der Waals surface area contributed by atoms with E-state index < -0.39 is 0 Å². The number of hydrogen-bond acceptors (Lipinski definition) is 4. The van der Waals surface area contributed by atoms with Crippen molar-refractivity contribution in [3.63, 3.8) is 0 Å². The first-order valence-electron chi connectivity index (χ1n) is 6.78. The molecule has 0 fully saturated rings. The van der Waals surface area contributed by atoms with Gasteiger partial charge in [0.2, 0.25) is 5.91 Å². The first kappa shape index (κ1) is 15.6. The molecule has 0 unspecified atom stereocenters. The third-order valence-corrected chi connectivity index (χ3v) is 3.98. The summed E-state index contributed by atoms with van der Waals surface area (Å²) in [7, 11) is 0. The van der Waals surface area contributed by atoms with Gasteiger partial charge in [-0.25, -0.2) is 9.97 Å². The zero-order valence-corrected chi connectivity index (χ0v) is 13.4. The number of rotatable bonds is 5. The zero-order valence-electron chi connectivity index (χ0n) is 12.5. The fraction of sp³-hybridized carbons (Fsp3) is 0.400. The van der Waals surface area contributed by atoms with Crippen LogP contribution in [0.3, 0.4) is 0 Å². The average molecular weight is 304 g/mol. The minimum Gasteiger partial charge on any atom is -0.351 e. The van der Waals surface area contributed by atoms with Crippen LogP contribution in [0.25, 0.3) is 5.82 Å². The van der Waals surface area contributed by atoms with E-state index in [0.29, 0.717) is 12.3 Å². The number of carbonyl (C=O) groups excluding carboxylic acids is 1. The topological polar surface area (TPSA) is 59.8 Å². The van der Waals surface area contributed by atoms with Crippen molar-refractivity contribution in [1.82, 2.24) is 19.9 Å². The van der Waals surface area contributed by atoms with E-state index in [1.165, 1.54) is 0 Å². The summed E-state index contributed by atoms with van der Waals surface area (Å²) in [5.41, 5.74) is 0.980. The molecule has 0 aliphatic heterocycles. The van der Waals surface area contributed by atoms with Crippen molar-refractivity contribution in [2.75, 3.05) is 5.75 Å². The number of aromatic nitrogens is 3. The molecule has 21 heavy (non-hydrogen) atoms. The Balaban J connectivity index is 1.82. The third kappa shape index (κ3) is 5.23. The summed E-state index contributed by atoms with van der Waals surface area (Å²) >= 11 is 1.64. The fourth-order valence-electron chi connectivity index (χ4n) is 1.60. The molecule has 2 aromatic heterocycles. The highest BCUT2D eigenvalue weighted by Gasteiger charge is 2.13. The number of hydrogen-bond donors (Lipinski definition) is 1. The molecule has 0 aromatic carbocycles. The van der Waals surface area contributed by atoms with Crippen molar-refractivity contribution in [3.8, 4) is 5.82 Å². The Labute approximate surface area is 129 Å². The summed E-state index contributed by atoms with van der Waals surface area (Å²) in [4.78, 5) is 20.1. The second-order valence-electron chi connectivity index (χ2n) is 5.67. The van der Waals surface area contributed by atoms with Gasteiger partial charge in [-0.05, 0) is 11.6 Å². The Kier molecular flexibility index (Phi) is 5.01. The van der Waals surface area contributed by atoms with Crippen molar-refractivity contribution in [2.24, 2.45) is 0 Å². The highest BCUT2D eigenvalue weighted by molar-refractivity contribution is 8.01. The molecule has 1 N–H and O–H groups in total. The average Bonchev–Trinajstić information content (AvgIpc) is 2.97. The van der Waals surface area contributed by atoms with Crippen molar-refractivity contribution in [1.29, 1.82) is 0 Å². The molecule has 2 aromatic rings. The Morgan fingerprint density at radius 2 is 2.19 bits per heavy atom. The first-order chi connectivity index (χ1) is 9.94. The highest BCUT2D eigenvalue weighted by Crippen LogP contribution is 2.22. The lowest BCUT2D eigenvalue weighted by Crippen LogP contribution is -2.26. The van der Waals surface area contributed by atoms with Gasteiger partial charge in [-0.15, -0.1) is 11.8 Å². The summed E-state index contributed by atoms with van der Waals surface area (Å²) in [5, 5.41) is 2.91. The monoisotopic (exact) mass is 304 g/mol. The molecule has 6 heteroatoms. The second-order valence-corrected chi connectivity index (χ2v) is 7.47. The zero-order chi connectivity index (χ0) is 15.3. The lowest BCUT2D eigenvalue weighted by molar-refractivity contribution is -0.118. The molecule has 0 radical (unpaired) electrons. The molecule has 0 atom stereocenters. The normalized spacial score (nSPS) is 11.4. The molecule has 2 rings (SSSR count). The summed E-state index contributed by atoms with van der Waals surface area (Å²) in [6.07, 6.45) is 7.02. The van der Waals surface area contributed by atoms with Crippen LogP contribution < -0.4 is 5.32 Å². The minimum absolute atomic E-state index is 0.0496. The summed E-state index contributed by atoms with van der Waals surface area (Å²) in [6, 6.07) is 3.87. The standard InChI is InChI=1S/C15H20N4OS/c1-15(2,3)21-10-14(20)18-9-12-4-5-13(17-8-12)19-7-6-16-11-19/h4-8,11H,9-10H2,1-3H3,(H,18,20). The van der Waals surface area contributed by atoms with Crippen LogP contribution in [0.5, 0.6) is 0 Å². The van der Waals surface area contributed by atoms with Crippen LogP contribution in [0.1, 0.15) is 26.3 Å². The Morgan fingerprint density at radius 3 is 2.76 bits per heavy atom. The van der Waals surface area contributed by atoms with E-state index in [0.717, 1.165) is 11.4 Å². The quantitative estimate of drug-likeness (QED) is 0.921. The van der Waals surface area contributed by atoms with E-state index in [4.69, 9.17) is 0 Å². The molecule has 0 aliphatic rings. The lowest BCUT2D eigenvalue weighted by atomic mass is 10.3. The Bertz CT molecular complexity index is 573. The maximum atomic E-state index is 11.8. The molecule has 0 bridgehead atoms. The van der Waals surface area contributed by atoms with Gasteiger partial charge < -0.3 is 5.32 Å². The molecular weight excluding hydrogens is 284 g/mol. The van der Waals surface area contributed by atoms with Gasteiger partial charge >= 0.3 is 0 Å². The number of nitrogens with zero attached hydrogens (tertiary/aromatic N) is 3. The Hall–Kier alpha value is -1.82. The van der Waals surface area contributed by atoms with Crippen LogP contribution in [0.15, 0.2) is 37.1 Å². The van der Waals surface area contributed by atoms with Crippen molar-refractivity contribution in [2.45, 2.75) is 32.1 Å². The number of thioether (sulfide) groups is 1. The maximum Gasteiger partial charge on any atom is 0.230 e. The first-order valence-corrected chi connectivity index (χ1v) is 7.76. The van der Waals surface area contributed by atoms with Gasteiger partial charge in [0.25, 0.3) is 0 Å². The highest BCUT2D eigenvalue weighted by atomic mass is 32.2. The van der Waals surface area contributed by atoms with Gasteiger partial charge in [0.05, 0.1) is 5.75 Å². The number of nitrogens with one attached hydrogen (secondary N) is 1. The molecule has 0 saturated carbocycles. The van der Waals surface area contributed by atoms with E-state index in [1.807, 2.05) is 22.9 Å². The van der Waals surface area contributed by atoms with Gasteiger partial charge in [-0.2, -0.15) is 0 Å². The van der Waals surface area contributed by atoms with Gasteiger partial charge in [0, 0.05) is 29.9 Å². The third-order valence-electron chi connectivity index (χ3n) is 2.70. The van der Waals surface area contributed by atoms with Crippen LogP contribution >= 0.6 is 11.8 Å². The van der Waals surface area contributed by atoms with Crippen LogP contribution in [-0.2, 0) is 11.3 Å². The van der Waals surface area contributed by atoms with E-state index in [1.54, 1.807) is 30.5 Å². The van der Waals surface area contributed by atoms with E-state index in [2.05, 4.69) is 36.1 Å². The van der Waals surface area contributed by atoms with Gasteiger partial charge in [0.1, 0.15) is 12.1 Å². The lowest BCUT2D eigenvalue weighted by Gasteiger charge is -2.16. The summed E-state index contributed by atoms with van der Waals surface area (Å²) in [6.45, 7) is 6.80. The van der Waals surface area contributed by atoms with Crippen LogP contribution in [0, 0.1) is 0 Å². The number of amides is 1. The van der Waals surface area contributed by atoms with Crippen LogP contribution in [-0.4, -0.2) is 30.9 Å². The Morgan fingerprint density at radius 1 is 1.38 bits per heavy atom.